The molecule has 2 aromatic carbocycles. The SMILES string of the molecule is Cc1ccccc1CNc1nncc(Nc2cc(Cl)ccc2C)n1. The van der Waals surface area contributed by atoms with Gasteiger partial charge < -0.3 is 10.6 Å². The van der Waals surface area contributed by atoms with Gasteiger partial charge in [-0.3, -0.25) is 0 Å². The van der Waals surface area contributed by atoms with Gasteiger partial charge in [-0.25, -0.2) is 0 Å². The molecule has 6 heteroatoms. The summed E-state index contributed by atoms with van der Waals surface area (Å²) in [4.78, 5) is 4.44. The lowest BCUT2D eigenvalue weighted by Crippen LogP contribution is -2.07. The molecular formula is C18H18ClN5. The quantitative estimate of drug-likeness (QED) is 0.716. The van der Waals surface area contributed by atoms with Crippen molar-refractivity contribution in [1.82, 2.24) is 15.2 Å². The highest BCUT2D eigenvalue weighted by atomic mass is 35.5. The maximum atomic E-state index is 6.05. The van der Waals surface area contributed by atoms with Gasteiger partial charge in [-0.15, -0.1) is 5.10 Å². The Morgan fingerprint density at radius 3 is 2.71 bits per heavy atom. The summed E-state index contributed by atoms with van der Waals surface area (Å²) in [5.41, 5.74) is 4.40. The van der Waals surface area contributed by atoms with Crippen LogP contribution in [-0.4, -0.2) is 15.2 Å². The van der Waals surface area contributed by atoms with Crippen LogP contribution in [-0.2, 0) is 6.54 Å². The smallest absolute Gasteiger partial charge is 0.244 e. The third-order valence-electron chi connectivity index (χ3n) is 3.72. The van der Waals surface area contributed by atoms with Crippen LogP contribution < -0.4 is 10.6 Å². The normalized spacial score (nSPS) is 10.5. The van der Waals surface area contributed by atoms with Crippen molar-refractivity contribution >= 4 is 29.1 Å². The third-order valence-corrected chi connectivity index (χ3v) is 3.95. The molecule has 0 aliphatic carbocycles. The van der Waals surface area contributed by atoms with E-state index in [2.05, 4.69) is 44.9 Å². The number of benzene rings is 2. The number of anilines is 3. The van der Waals surface area contributed by atoms with Crippen molar-refractivity contribution in [3.63, 3.8) is 0 Å². The number of halogens is 1. The second-order valence-electron chi connectivity index (χ2n) is 5.53. The molecule has 0 saturated carbocycles. The van der Waals surface area contributed by atoms with Crippen molar-refractivity contribution < 1.29 is 0 Å². The Bertz CT molecular complexity index is 850. The molecule has 0 unspecified atom stereocenters. The fraction of sp³-hybridized carbons (Fsp3) is 0.167. The average molecular weight is 340 g/mol. The number of nitrogens with one attached hydrogen (secondary N) is 2. The summed E-state index contributed by atoms with van der Waals surface area (Å²) < 4.78 is 0. The minimum atomic E-state index is 0.475. The monoisotopic (exact) mass is 339 g/mol. The van der Waals surface area contributed by atoms with E-state index in [9.17, 15) is 0 Å². The lowest BCUT2D eigenvalue weighted by atomic mass is 10.1. The Kier molecular flexibility index (Phi) is 4.91. The third kappa shape index (κ3) is 4.00. The van der Waals surface area contributed by atoms with Crippen LogP contribution >= 0.6 is 11.6 Å². The van der Waals surface area contributed by atoms with Crippen LogP contribution in [0.3, 0.4) is 0 Å². The predicted octanol–water partition coefficient (Wildman–Crippen LogP) is 4.50. The Morgan fingerprint density at radius 2 is 1.88 bits per heavy atom. The van der Waals surface area contributed by atoms with E-state index in [0.29, 0.717) is 23.3 Å². The van der Waals surface area contributed by atoms with Crippen molar-refractivity contribution in [1.29, 1.82) is 0 Å². The van der Waals surface area contributed by atoms with Gasteiger partial charge in [0.25, 0.3) is 0 Å². The minimum Gasteiger partial charge on any atom is -0.349 e. The lowest BCUT2D eigenvalue weighted by molar-refractivity contribution is 0.946. The molecule has 0 atom stereocenters. The highest BCUT2D eigenvalue weighted by Crippen LogP contribution is 2.23. The maximum absolute atomic E-state index is 6.05. The van der Waals surface area contributed by atoms with Gasteiger partial charge in [0.05, 0.1) is 6.20 Å². The van der Waals surface area contributed by atoms with Gasteiger partial charge in [0, 0.05) is 17.3 Å². The fourth-order valence-corrected chi connectivity index (χ4v) is 2.46. The van der Waals surface area contributed by atoms with Crippen molar-refractivity contribution in [2.24, 2.45) is 0 Å². The summed E-state index contributed by atoms with van der Waals surface area (Å²) in [5.74, 6) is 1.09. The van der Waals surface area contributed by atoms with Crippen LogP contribution in [0.2, 0.25) is 5.02 Å². The first kappa shape index (κ1) is 16.2. The maximum Gasteiger partial charge on any atom is 0.244 e. The topological polar surface area (TPSA) is 62.7 Å². The van der Waals surface area contributed by atoms with Crippen LogP contribution in [0.25, 0.3) is 0 Å². The minimum absolute atomic E-state index is 0.475. The van der Waals surface area contributed by atoms with Gasteiger partial charge in [0.1, 0.15) is 0 Å². The largest absolute Gasteiger partial charge is 0.349 e. The highest BCUT2D eigenvalue weighted by Gasteiger charge is 2.05. The Labute approximate surface area is 146 Å². The molecule has 1 heterocycles. The summed E-state index contributed by atoms with van der Waals surface area (Å²) in [6.07, 6.45) is 1.58. The molecule has 2 N–H and O–H groups in total. The molecule has 122 valence electrons. The zero-order valence-electron chi connectivity index (χ0n) is 13.5. The standard InChI is InChI=1S/C18H18ClN5/c1-12-5-3-4-6-14(12)10-20-18-23-17(11-21-24-18)22-16-9-15(19)8-7-13(16)2/h3-9,11H,10H2,1-2H3,(H2,20,22,23,24). The van der Waals surface area contributed by atoms with Gasteiger partial charge in [-0.05, 0) is 42.7 Å². The van der Waals surface area contributed by atoms with E-state index in [0.717, 1.165) is 11.3 Å². The molecule has 0 fully saturated rings. The molecule has 5 nitrogen and oxygen atoms in total. The van der Waals surface area contributed by atoms with Crippen LogP contribution in [0.5, 0.6) is 0 Å². The van der Waals surface area contributed by atoms with E-state index in [1.807, 2.05) is 37.3 Å². The van der Waals surface area contributed by atoms with Gasteiger partial charge in [-0.1, -0.05) is 41.9 Å². The van der Waals surface area contributed by atoms with Crippen LogP contribution in [0.15, 0.2) is 48.7 Å². The number of hydrogen-bond acceptors (Lipinski definition) is 5. The number of rotatable bonds is 5. The molecular weight excluding hydrogens is 322 g/mol. The van der Waals surface area contributed by atoms with E-state index >= 15 is 0 Å². The molecule has 3 aromatic rings. The Balaban J connectivity index is 1.72. The number of nitrogens with zero attached hydrogens (tertiary/aromatic N) is 3. The Hall–Kier alpha value is -2.66. The number of aromatic nitrogens is 3. The first-order valence-corrected chi connectivity index (χ1v) is 8.01. The van der Waals surface area contributed by atoms with Crippen LogP contribution in [0.4, 0.5) is 17.5 Å². The molecule has 0 aliphatic heterocycles. The van der Waals surface area contributed by atoms with Crippen LogP contribution in [0, 0.1) is 13.8 Å². The molecule has 0 saturated heterocycles. The van der Waals surface area contributed by atoms with E-state index in [1.165, 1.54) is 11.1 Å². The van der Waals surface area contributed by atoms with Crippen molar-refractivity contribution in [2.45, 2.75) is 20.4 Å². The van der Waals surface area contributed by atoms with E-state index in [1.54, 1.807) is 6.20 Å². The second-order valence-corrected chi connectivity index (χ2v) is 5.97. The number of hydrogen-bond donors (Lipinski definition) is 2. The van der Waals surface area contributed by atoms with Gasteiger partial charge in [-0.2, -0.15) is 10.1 Å². The summed E-state index contributed by atoms with van der Waals surface area (Å²) in [5, 5.41) is 15.1. The molecule has 0 aliphatic rings. The average Bonchev–Trinajstić information content (AvgIpc) is 2.58. The van der Waals surface area contributed by atoms with Gasteiger partial charge in [0.2, 0.25) is 5.95 Å². The summed E-state index contributed by atoms with van der Waals surface area (Å²) in [7, 11) is 0. The predicted molar refractivity (Wildman–Crippen MR) is 97.8 cm³/mol. The second kappa shape index (κ2) is 7.27. The molecule has 24 heavy (non-hydrogen) atoms. The first-order valence-electron chi connectivity index (χ1n) is 7.63. The van der Waals surface area contributed by atoms with Crippen molar-refractivity contribution in [2.75, 3.05) is 10.6 Å². The highest BCUT2D eigenvalue weighted by molar-refractivity contribution is 6.30. The van der Waals surface area contributed by atoms with E-state index < -0.39 is 0 Å². The summed E-state index contributed by atoms with van der Waals surface area (Å²) in [6, 6.07) is 13.9. The molecule has 3 rings (SSSR count). The zero-order valence-corrected chi connectivity index (χ0v) is 14.3. The lowest BCUT2D eigenvalue weighted by Gasteiger charge is -2.10. The molecule has 0 radical (unpaired) electrons. The molecule has 0 amide bonds. The number of aryl methyl sites for hydroxylation is 2. The summed E-state index contributed by atoms with van der Waals surface area (Å²) >= 11 is 6.05. The van der Waals surface area contributed by atoms with Gasteiger partial charge in [0.15, 0.2) is 5.82 Å². The van der Waals surface area contributed by atoms with Crippen molar-refractivity contribution in [3.8, 4) is 0 Å². The first-order chi connectivity index (χ1) is 11.6. The molecule has 1 aromatic heterocycles. The Morgan fingerprint density at radius 1 is 1.04 bits per heavy atom. The van der Waals surface area contributed by atoms with E-state index in [-0.39, 0.29) is 0 Å². The van der Waals surface area contributed by atoms with Gasteiger partial charge >= 0.3 is 0 Å². The van der Waals surface area contributed by atoms with E-state index in [4.69, 9.17) is 11.6 Å². The van der Waals surface area contributed by atoms with Crippen molar-refractivity contribution in [3.05, 3.63) is 70.4 Å². The molecule has 0 spiro atoms. The fourth-order valence-electron chi connectivity index (χ4n) is 2.29. The summed E-state index contributed by atoms with van der Waals surface area (Å²) in [6.45, 7) is 4.73. The molecule has 0 bridgehead atoms. The van der Waals surface area contributed by atoms with Crippen LogP contribution in [0.1, 0.15) is 16.7 Å². The zero-order chi connectivity index (χ0) is 16.9.